The minimum Gasteiger partial charge on any atom is -0.373 e. The molecule has 94 valence electrons. The minimum absolute atomic E-state index is 0.176. The minimum atomic E-state index is -0.176. The average molecular weight is 247 g/mol. The van der Waals surface area contributed by atoms with Crippen molar-refractivity contribution >= 4 is 11.7 Å². The predicted molar refractivity (Wildman–Crippen MR) is 64.1 cm³/mol. The van der Waals surface area contributed by atoms with Crippen LogP contribution in [0.4, 0.5) is 5.82 Å². The van der Waals surface area contributed by atoms with Crippen LogP contribution in [0.15, 0.2) is 29.2 Å². The molecule has 0 aromatic carbocycles. The van der Waals surface area contributed by atoms with Crippen molar-refractivity contribution in [2.75, 3.05) is 18.9 Å². The molecule has 0 aliphatic carbocycles. The van der Waals surface area contributed by atoms with Crippen LogP contribution in [-0.4, -0.2) is 34.6 Å². The molecule has 1 amide bonds. The number of carbonyl (C=O) groups is 1. The number of nitrogens with zero attached hydrogens (tertiary/aromatic N) is 3. The number of amides is 1. The molecule has 0 fully saturated rings. The zero-order valence-corrected chi connectivity index (χ0v) is 9.88. The topological polar surface area (TPSA) is 92.9 Å². The van der Waals surface area contributed by atoms with Crippen molar-refractivity contribution in [3.8, 4) is 0 Å². The van der Waals surface area contributed by atoms with Crippen molar-refractivity contribution in [1.29, 1.82) is 0 Å². The van der Waals surface area contributed by atoms with Gasteiger partial charge >= 0.3 is 0 Å². The Morgan fingerprint density at radius 3 is 2.89 bits per heavy atom. The monoisotopic (exact) mass is 247 g/mol. The van der Waals surface area contributed by atoms with E-state index < -0.39 is 0 Å². The molecule has 0 unspecified atom stereocenters. The van der Waals surface area contributed by atoms with E-state index in [1.54, 1.807) is 19.2 Å². The maximum atomic E-state index is 11.7. The standard InChI is InChI=1S/C11H13N5O2/c1-12-9-3-2-8(6-14-9)11(17)13-5-4-10-15-7-16-18-10/h2-3,6-7H,4-5H2,1H3,(H,12,14)(H,13,17). The van der Waals surface area contributed by atoms with Gasteiger partial charge in [0, 0.05) is 26.2 Å². The molecule has 2 heterocycles. The van der Waals surface area contributed by atoms with Crippen LogP contribution < -0.4 is 10.6 Å². The van der Waals surface area contributed by atoms with Crippen molar-refractivity contribution in [3.05, 3.63) is 36.1 Å². The van der Waals surface area contributed by atoms with E-state index in [4.69, 9.17) is 4.52 Å². The van der Waals surface area contributed by atoms with Gasteiger partial charge in [0.15, 0.2) is 6.33 Å². The molecule has 2 N–H and O–H groups in total. The van der Waals surface area contributed by atoms with Gasteiger partial charge in [-0.1, -0.05) is 5.16 Å². The van der Waals surface area contributed by atoms with Gasteiger partial charge in [-0.15, -0.1) is 0 Å². The quantitative estimate of drug-likeness (QED) is 0.798. The number of aromatic nitrogens is 3. The SMILES string of the molecule is CNc1ccc(C(=O)NCCc2ncno2)cn1. The lowest BCUT2D eigenvalue weighted by Gasteiger charge is -2.04. The lowest BCUT2D eigenvalue weighted by atomic mass is 10.2. The first-order valence-electron chi connectivity index (χ1n) is 5.47. The fourth-order valence-corrected chi connectivity index (χ4v) is 1.37. The molecule has 0 saturated carbocycles. The second-order valence-corrected chi connectivity index (χ2v) is 3.52. The molecule has 2 aromatic heterocycles. The summed E-state index contributed by atoms with van der Waals surface area (Å²) in [7, 11) is 1.77. The molecule has 0 saturated heterocycles. The van der Waals surface area contributed by atoms with E-state index in [2.05, 4.69) is 25.8 Å². The van der Waals surface area contributed by atoms with Gasteiger partial charge in [0.1, 0.15) is 5.82 Å². The van der Waals surface area contributed by atoms with Crippen molar-refractivity contribution in [2.24, 2.45) is 0 Å². The highest BCUT2D eigenvalue weighted by Crippen LogP contribution is 2.03. The lowest BCUT2D eigenvalue weighted by molar-refractivity contribution is 0.0953. The zero-order chi connectivity index (χ0) is 12.8. The van der Waals surface area contributed by atoms with Gasteiger partial charge in [0.05, 0.1) is 5.56 Å². The van der Waals surface area contributed by atoms with Crippen LogP contribution in [0.2, 0.25) is 0 Å². The molecule has 2 aromatic rings. The Morgan fingerprint density at radius 2 is 2.28 bits per heavy atom. The maximum absolute atomic E-state index is 11.7. The first kappa shape index (κ1) is 12.0. The summed E-state index contributed by atoms with van der Waals surface area (Å²) in [6, 6.07) is 3.45. The number of pyridine rings is 1. The summed E-state index contributed by atoms with van der Waals surface area (Å²) in [6.07, 6.45) is 3.36. The Hall–Kier alpha value is -2.44. The summed E-state index contributed by atoms with van der Waals surface area (Å²) < 4.78 is 4.82. The molecule has 0 radical (unpaired) electrons. The fourth-order valence-electron chi connectivity index (χ4n) is 1.37. The van der Waals surface area contributed by atoms with Crippen molar-refractivity contribution in [3.63, 3.8) is 0 Å². The summed E-state index contributed by atoms with van der Waals surface area (Å²) in [5.74, 6) is 1.04. The van der Waals surface area contributed by atoms with Crippen LogP contribution in [0.5, 0.6) is 0 Å². The van der Waals surface area contributed by atoms with E-state index in [1.807, 2.05) is 0 Å². The van der Waals surface area contributed by atoms with E-state index >= 15 is 0 Å². The van der Waals surface area contributed by atoms with Crippen molar-refractivity contribution in [2.45, 2.75) is 6.42 Å². The number of carbonyl (C=O) groups excluding carboxylic acids is 1. The van der Waals surface area contributed by atoms with Crippen molar-refractivity contribution in [1.82, 2.24) is 20.4 Å². The maximum Gasteiger partial charge on any atom is 0.252 e. The van der Waals surface area contributed by atoms with Gasteiger partial charge in [-0.25, -0.2) is 4.98 Å². The molecular formula is C11H13N5O2. The third-order valence-electron chi connectivity index (χ3n) is 2.31. The predicted octanol–water partition coefficient (Wildman–Crippen LogP) is 0.479. The van der Waals surface area contributed by atoms with Crippen LogP contribution in [0.1, 0.15) is 16.2 Å². The smallest absolute Gasteiger partial charge is 0.252 e. The summed E-state index contributed by atoms with van der Waals surface area (Å²) in [4.78, 5) is 19.7. The highest BCUT2D eigenvalue weighted by molar-refractivity contribution is 5.94. The van der Waals surface area contributed by atoms with Crippen LogP contribution in [0.25, 0.3) is 0 Å². The molecule has 0 spiro atoms. The molecule has 0 atom stereocenters. The normalized spacial score (nSPS) is 10.1. The van der Waals surface area contributed by atoms with Gasteiger partial charge < -0.3 is 15.2 Å². The number of hydrogen-bond acceptors (Lipinski definition) is 6. The van der Waals surface area contributed by atoms with Crippen molar-refractivity contribution < 1.29 is 9.32 Å². The molecule has 18 heavy (non-hydrogen) atoms. The molecule has 0 bridgehead atoms. The van der Waals surface area contributed by atoms with E-state index in [-0.39, 0.29) is 5.91 Å². The molecule has 7 heteroatoms. The summed E-state index contributed by atoms with van der Waals surface area (Å²) in [5, 5.41) is 9.11. The first-order valence-corrected chi connectivity index (χ1v) is 5.47. The third-order valence-corrected chi connectivity index (χ3v) is 2.31. The number of hydrogen-bond donors (Lipinski definition) is 2. The molecule has 0 aliphatic rings. The Balaban J connectivity index is 1.83. The van der Waals surface area contributed by atoms with E-state index in [0.29, 0.717) is 24.4 Å². The summed E-state index contributed by atoms with van der Waals surface area (Å²) >= 11 is 0. The number of anilines is 1. The summed E-state index contributed by atoms with van der Waals surface area (Å²) in [6.45, 7) is 0.439. The third kappa shape index (κ3) is 3.03. The van der Waals surface area contributed by atoms with Gasteiger partial charge in [-0.3, -0.25) is 4.79 Å². The van der Waals surface area contributed by atoms with E-state index in [0.717, 1.165) is 5.82 Å². The fraction of sp³-hybridized carbons (Fsp3) is 0.273. The van der Waals surface area contributed by atoms with Crippen LogP contribution >= 0.6 is 0 Å². The Bertz CT molecular complexity index is 495. The van der Waals surface area contributed by atoms with E-state index in [9.17, 15) is 4.79 Å². The molecular weight excluding hydrogens is 234 g/mol. The number of nitrogens with one attached hydrogen (secondary N) is 2. The second-order valence-electron chi connectivity index (χ2n) is 3.52. The highest BCUT2D eigenvalue weighted by atomic mass is 16.5. The van der Waals surface area contributed by atoms with E-state index in [1.165, 1.54) is 12.5 Å². The van der Waals surface area contributed by atoms with Crippen LogP contribution in [-0.2, 0) is 6.42 Å². The molecule has 2 rings (SSSR count). The Morgan fingerprint density at radius 1 is 1.39 bits per heavy atom. The molecule has 7 nitrogen and oxygen atoms in total. The van der Waals surface area contributed by atoms with Gasteiger partial charge in [0.25, 0.3) is 5.91 Å². The largest absolute Gasteiger partial charge is 0.373 e. The molecule has 0 aliphatic heterocycles. The van der Waals surface area contributed by atoms with Crippen LogP contribution in [0, 0.1) is 0 Å². The zero-order valence-electron chi connectivity index (χ0n) is 9.88. The second kappa shape index (κ2) is 5.76. The Kier molecular flexibility index (Phi) is 3.85. The average Bonchev–Trinajstić information content (AvgIpc) is 2.92. The van der Waals surface area contributed by atoms with Crippen LogP contribution in [0.3, 0.4) is 0 Å². The van der Waals surface area contributed by atoms with Gasteiger partial charge in [0.2, 0.25) is 5.89 Å². The van der Waals surface area contributed by atoms with Gasteiger partial charge in [-0.05, 0) is 12.1 Å². The Labute approximate surface area is 104 Å². The highest BCUT2D eigenvalue weighted by Gasteiger charge is 2.06. The first-order chi connectivity index (χ1) is 8.79. The number of rotatable bonds is 5. The lowest BCUT2D eigenvalue weighted by Crippen LogP contribution is -2.25. The summed E-state index contributed by atoms with van der Waals surface area (Å²) in [5.41, 5.74) is 0.513. The van der Waals surface area contributed by atoms with Gasteiger partial charge in [-0.2, -0.15) is 4.98 Å².